The van der Waals surface area contributed by atoms with Gasteiger partial charge in [-0.1, -0.05) is 0 Å². The number of hydrogen-bond donors (Lipinski definition) is 2. The van der Waals surface area contributed by atoms with E-state index in [2.05, 4.69) is 10.3 Å². The van der Waals surface area contributed by atoms with Gasteiger partial charge in [0, 0.05) is 12.5 Å². The van der Waals surface area contributed by atoms with Crippen LogP contribution in [0, 0.1) is 5.39 Å². The molecule has 0 saturated heterocycles. The Labute approximate surface area is 162 Å². The monoisotopic (exact) mass is 384 g/mol. The van der Waals surface area contributed by atoms with Crippen molar-refractivity contribution in [2.75, 3.05) is 21.3 Å². The van der Waals surface area contributed by atoms with Crippen LogP contribution in [0.15, 0.2) is 18.2 Å². The zero-order valence-corrected chi connectivity index (χ0v) is 16.2. The van der Waals surface area contributed by atoms with Gasteiger partial charge in [0.25, 0.3) is 0 Å². The van der Waals surface area contributed by atoms with Crippen molar-refractivity contribution in [1.82, 2.24) is 5.32 Å². The summed E-state index contributed by atoms with van der Waals surface area (Å²) in [5.74, 6) is 1.03. The number of rotatable bonds is 4. The van der Waals surface area contributed by atoms with Crippen LogP contribution in [-0.4, -0.2) is 32.3 Å². The lowest BCUT2D eigenvalue weighted by Crippen LogP contribution is -2.26. The van der Waals surface area contributed by atoms with Gasteiger partial charge in [0.1, 0.15) is 0 Å². The van der Waals surface area contributed by atoms with Crippen LogP contribution in [0.5, 0.6) is 23.0 Å². The number of diazo groups is 1. The third-order valence-electron chi connectivity index (χ3n) is 4.91. The standard InChI is InChI=1S/C20H21N3O5/c1-10(24)22-13-7-5-11-9-15(26-2)19(27-3)20(28-4)16(11)12-6-8-14(25)18(23-21)17(12)13/h6,8-9,13H,5,7H2,1-4H3,(H-,22,24,25)/p+1. The minimum atomic E-state index is -0.459. The minimum Gasteiger partial charge on any atom is -0.501 e. The van der Waals surface area contributed by atoms with E-state index in [0.717, 1.165) is 11.1 Å². The molecule has 1 atom stereocenters. The van der Waals surface area contributed by atoms with Gasteiger partial charge in [-0.15, -0.1) is 0 Å². The Kier molecular flexibility index (Phi) is 5.27. The molecule has 0 aliphatic heterocycles. The van der Waals surface area contributed by atoms with E-state index in [1.807, 2.05) is 6.07 Å². The highest BCUT2D eigenvalue weighted by Crippen LogP contribution is 2.53. The molecule has 1 aliphatic carbocycles. The Bertz CT molecular complexity index is 981. The predicted molar refractivity (Wildman–Crippen MR) is 103 cm³/mol. The second-order valence-electron chi connectivity index (χ2n) is 6.47. The molecule has 0 fully saturated rings. The number of methoxy groups -OCH3 is 3. The molecule has 2 aromatic carbocycles. The van der Waals surface area contributed by atoms with Crippen LogP contribution in [0.3, 0.4) is 0 Å². The Balaban J connectivity index is 2.41. The molecule has 0 spiro atoms. The Morgan fingerprint density at radius 2 is 1.93 bits per heavy atom. The van der Waals surface area contributed by atoms with Gasteiger partial charge >= 0.3 is 5.69 Å². The molecule has 1 amide bonds. The van der Waals surface area contributed by atoms with Gasteiger partial charge in [-0.2, -0.15) is 0 Å². The Morgan fingerprint density at radius 3 is 2.50 bits per heavy atom. The molecule has 146 valence electrons. The number of hydrogen-bond acceptors (Lipinski definition) is 6. The van der Waals surface area contributed by atoms with Gasteiger partial charge in [-0.3, -0.25) is 4.79 Å². The van der Waals surface area contributed by atoms with Crippen molar-refractivity contribution in [3.63, 3.8) is 0 Å². The molecular formula is C20H22N3O5+. The highest BCUT2D eigenvalue weighted by atomic mass is 16.5. The molecule has 2 aromatic rings. The topological polar surface area (TPSA) is 105 Å². The number of fused-ring (bicyclic) bond motifs is 3. The Hall–Kier alpha value is -3.47. The van der Waals surface area contributed by atoms with Gasteiger partial charge in [0.15, 0.2) is 16.5 Å². The molecule has 8 nitrogen and oxygen atoms in total. The molecule has 1 unspecified atom stereocenters. The number of ether oxygens (including phenoxy) is 3. The average Bonchev–Trinajstić information content (AvgIpc) is 2.83. The highest BCUT2D eigenvalue weighted by Gasteiger charge is 2.36. The van der Waals surface area contributed by atoms with Crippen molar-refractivity contribution in [2.45, 2.75) is 25.8 Å². The van der Waals surface area contributed by atoms with Crippen molar-refractivity contribution in [3.8, 4) is 34.1 Å². The van der Waals surface area contributed by atoms with Gasteiger partial charge < -0.3 is 24.6 Å². The summed E-state index contributed by atoms with van der Waals surface area (Å²) in [5, 5.41) is 22.7. The number of amides is 1. The van der Waals surface area contributed by atoms with Crippen LogP contribution in [0.2, 0.25) is 0 Å². The number of nitrogens with zero attached hydrogens (tertiary/aromatic N) is 2. The molecule has 2 N–H and O–H groups in total. The quantitative estimate of drug-likeness (QED) is 0.779. The molecule has 3 rings (SSSR count). The van der Waals surface area contributed by atoms with E-state index in [9.17, 15) is 15.3 Å². The normalized spacial score (nSPS) is 14.8. The fraction of sp³-hybridized carbons (Fsp3) is 0.350. The summed E-state index contributed by atoms with van der Waals surface area (Å²) < 4.78 is 16.6. The number of nitrogens with one attached hydrogen (secondary N) is 1. The molecule has 0 aromatic heterocycles. The maximum atomic E-state index is 11.8. The molecule has 0 radical (unpaired) electrons. The first-order chi connectivity index (χ1) is 13.5. The minimum absolute atomic E-state index is 0.0148. The van der Waals surface area contributed by atoms with Crippen molar-refractivity contribution in [2.24, 2.45) is 0 Å². The summed E-state index contributed by atoms with van der Waals surface area (Å²) in [6.45, 7) is 1.42. The van der Waals surface area contributed by atoms with Crippen LogP contribution in [0.25, 0.3) is 16.1 Å². The van der Waals surface area contributed by atoms with Crippen molar-refractivity contribution < 1.29 is 24.1 Å². The summed E-state index contributed by atoms with van der Waals surface area (Å²) in [7, 11) is 4.61. The van der Waals surface area contributed by atoms with Crippen molar-refractivity contribution >= 4 is 11.6 Å². The molecule has 0 bridgehead atoms. The van der Waals surface area contributed by atoms with E-state index < -0.39 is 6.04 Å². The van der Waals surface area contributed by atoms with E-state index in [-0.39, 0.29) is 17.3 Å². The first-order valence-corrected chi connectivity index (χ1v) is 8.77. The summed E-state index contributed by atoms with van der Waals surface area (Å²) in [5.41, 5.74) is 2.88. The van der Waals surface area contributed by atoms with Crippen molar-refractivity contribution in [1.29, 1.82) is 5.39 Å². The van der Waals surface area contributed by atoms with E-state index >= 15 is 0 Å². The molecule has 0 heterocycles. The summed E-state index contributed by atoms with van der Waals surface area (Å²) in [4.78, 5) is 15.1. The molecule has 1 aliphatic rings. The molecular weight excluding hydrogens is 362 g/mol. The van der Waals surface area contributed by atoms with Crippen molar-refractivity contribution in [3.05, 3.63) is 34.3 Å². The lowest BCUT2D eigenvalue weighted by molar-refractivity contribution is -0.119. The fourth-order valence-electron chi connectivity index (χ4n) is 3.81. The number of carbonyl (C=O) groups is 1. The maximum Gasteiger partial charge on any atom is 0.431 e. The molecule has 28 heavy (non-hydrogen) atoms. The third kappa shape index (κ3) is 3.05. The zero-order chi connectivity index (χ0) is 20.4. The Morgan fingerprint density at radius 1 is 1.21 bits per heavy atom. The smallest absolute Gasteiger partial charge is 0.431 e. The number of phenols is 1. The largest absolute Gasteiger partial charge is 0.501 e. The van der Waals surface area contributed by atoms with Crippen LogP contribution in [0.4, 0.5) is 5.69 Å². The third-order valence-corrected chi connectivity index (χ3v) is 4.91. The SMILES string of the molecule is COc1cc2c(c(OC)c1OC)-c1ccc(O)c([N+]#N)c1C(NC(C)=O)CC2. The van der Waals surface area contributed by atoms with Gasteiger partial charge in [-0.05, 0) is 42.2 Å². The molecule has 0 saturated carbocycles. The first kappa shape index (κ1) is 19.3. The average molecular weight is 384 g/mol. The predicted octanol–water partition coefficient (Wildman–Crippen LogP) is 3.69. The number of phenolic OH excluding ortho intramolecular Hbond substituents is 1. The van der Waals surface area contributed by atoms with Crippen LogP contribution in [-0.2, 0) is 11.2 Å². The second-order valence-corrected chi connectivity index (χ2v) is 6.47. The van der Waals surface area contributed by atoms with Crippen LogP contribution >= 0.6 is 0 Å². The van der Waals surface area contributed by atoms with Gasteiger partial charge in [-0.25, -0.2) is 0 Å². The number of carbonyl (C=O) groups excluding carboxylic acids is 1. The van der Waals surface area contributed by atoms with Gasteiger partial charge in [0.05, 0.1) is 32.9 Å². The zero-order valence-electron chi connectivity index (χ0n) is 16.2. The summed E-state index contributed by atoms with van der Waals surface area (Å²) in [6.07, 6.45) is 1.13. The number of aryl methyl sites for hydroxylation is 1. The first-order valence-electron chi connectivity index (χ1n) is 8.77. The lowest BCUT2D eigenvalue weighted by atomic mass is 9.92. The fourth-order valence-corrected chi connectivity index (χ4v) is 3.81. The summed E-state index contributed by atoms with van der Waals surface area (Å²) >= 11 is 0. The van der Waals surface area contributed by atoms with Crippen LogP contribution < -0.4 is 19.5 Å². The molecule has 8 heteroatoms. The number of aromatic hydroxyl groups is 1. The second kappa shape index (κ2) is 7.64. The van der Waals surface area contributed by atoms with E-state index in [1.165, 1.54) is 27.2 Å². The number of benzene rings is 2. The van der Waals surface area contributed by atoms with Crippen LogP contribution in [0.1, 0.15) is 30.5 Å². The highest BCUT2D eigenvalue weighted by molar-refractivity contribution is 5.88. The van der Waals surface area contributed by atoms with E-state index in [4.69, 9.17) is 14.2 Å². The van der Waals surface area contributed by atoms with E-state index in [1.54, 1.807) is 13.2 Å². The summed E-state index contributed by atoms with van der Waals surface area (Å²) in [6, 6.07) is 4.58. The van der Waals surface area contributed by atoms with Gasteiger partial charge in [0.2, 0.25) is 22.8 Å². The van der Waals surface area contributed by atoms with E-state index in [0.29, 0.717) is 41.2 Å². The maximum absolute atomic E-state index is 11.8. The lowest BCUT2D eigenvalue weighted by Gasteiger charge is -2.19.